The predicted octanol–water partition coefficient (Wildman–Crippen LogP) is 3.35. The molecule has 2 aromatic carbocycles. The number of amides is 1. The predicted molar refractivity (Wildman–Crippen MR) is 103 cm³/mol. The van der Waals surface area contributed by atoms with Gasteiger partial charge in [0, 0.05) is 16.9 Å². The third-order valence-electron chi connectivity index (χ3n) is 4.26. The number of nitrogens with zero attached hydrogens (tertiary/aromatic N) is 2. The van der Waals surface area contributed by atoms with Gasteiger partial charge in [0.1, 0.15) is 5.82 Å². The molecular formula is C21H20FN3O3. The number of halogens is 1. The molecule has 1 amide bonds. The molecule has 3 rings (SSSR count). The van der Waals surface area contributed by atoms with Crippen LogP contribution in [0.5, 0.6) is 0 Å². The quantitative estimate of drug-likeness (QED) is 0.665. The molecule has 0 unspecified atom stereocenters. The molecule has 6 nitrogen and oxygen atoms in total. The van der Waals surface area contributed by atoms with Crippen molar-refractivity contribution in [1.82, 2.24) is 9.78 Å². The van der Waals surface area contributed by atoms with Crippen molar-refractivity contribution in [2.75, 3.05) is 11.9 Å². The number of benzene rings is 2. The van der Waals surface area contributed by atoms with E-state index in [-0.39, 0.29) is 6.42 Å². The number of aryl methyl sites for hydroxylation is 1. The molecule has 0 radical (unpaired) electrons. The van der Waals surface area contributed by atoms with Crippen LogP contribution in [0.4, 0.5) is 10.1 Å². The van der Waals surface area contributed by atoms with Gasteiger partial charge in [-0.05, 0) is 50.2 Å². The fourth-order valence-corrected chi connectivity index (χ4v) is 2.82. The van der Waals surface area contributed by atoms with Gasteiger partial charge in [0.2, 0.25) is 0 Å². The number of carbonyl (C=O) groups excluding carboxylic acids is 2. The van der Waals surface area contributed by atoms with E-state index in [1.54, 1.807) is 4.68 Å². The smallest absolute Gasteiger partial charge is 0.310 e. The fraction of sp³-hybridized carbons (Fsp3) is 0.190. The van der Waals surface area contributed by atoms with Crippen molar-refractivity contribution in [3.63, 3.8) is 0 Å². The molecule has 0 atom stereocenters. The van der Waals surface area contributed by atoms with Crippen LogP contribution in [-0.4, -0.2) is 28.3 Å². The van der Waals surface area contributed by atoms with E-state index in [0.29, 0.717) is 5.69 Å². The molecule has 0 aliphatic heterocycles. The van der Waals surface area contributed by atoms with Crippen LogP contribution in [0.3, 0.4) is 0 Å². The van der Waals surface area contributed by atoms with Crippen molar-refractivity contribution in [3.05, 3.63) is 77.4 Å². The summed E-state index contributed by atoms with van der Waals surface area (Å²) in [6.45, 7) is 3.30. The summed E-state index contributed by atoms with van der Waals surface area (Å²) in [6, 6.07) is 14.9. The number of rotatable bonds is 6. The summed E-state index contributed by atoms with van der Waals surface area (Å²) < 4.78 is 19.7. The second-order valence-corrected chi connectivity index (χ2v) is 6.29. The van der Waals surface area contributed by atoms with E-state index < -0.39 is 24.3 Å². The maximum absolute atomic E-state index is 12.9. The molecule has 1 N–H and O–H groups in total. The second-order valence-electron chi connectivity index (χ2n) is 6.29. The third kappa shape index (κ3) is 4.62. The highest BCUT2D eigenvalue weighted by atomic mass is 19.1. The molecule has 0 spiro atoms. The van der Waals surface area contributed by atoms with Crippen LogP contribution in [-0.2, 0) is 20.7 Å². The van der Waals surface area contributed by atoms with Crippen LogP contribution in [0.15, 0.2) is 54.6 Å². The SMILES string of the molecule is Cc1nn(-c2ccccc2)c(C)c1CC(=O)OCC(=O)Nc1ccc(F)cc1. The van der Waals surface area contributed by atoms with Crippen molar-refractivity contribution < 1.29 is 18.7 Å². The van der Waals surface area contributed by atoms with E-state index in [0.717, 1.165) is 22.6 Å². The molecule has 1 heterocycles. The fourth-order valence-electron chi connectivity index (χ4n) is 2.82. The van der Waals surface area contributed by atoms with Crippen molar-refractivity contribution >= 4 is 17.6 Å². The molecule has 0 aliphatic rings. The van der Waals surface area contributed by atoms with Crippen molar-refractivity contribution in [3.8, 4) is 5.69 Å². The van der Waals surface area contributed by atoms with Crippen molar-refractivity contribution in [2.45, 2.75) is 20.3 Å². The topological polar surface area (TPSA) is 73.2 Å². The first-order chi connectivity index (χ1) is 13.4. The molecule has 0 saturated carbocycles. The van der Waals surface area contributed by atoms with Crippen molar-refractivity contribution in [2.24, 2.45) is 0 Å². The Kier molecular flexibility index (Phi) is 5.84. The summed E-state index contributed by atoms with van der Waals surface area (Å²) in [6.07, 6.45) is 0.0222. The van der Waals surface area contributed by atoms with Gasteiger partial charge in [0.05, 0.1) is 17.8 Å². The van der Waals surface area contributed by atoms with Gasteiger partial charge in [0.15, 0.2) is 6.61 Å². The zero-order chi connectivity index (χ0) is 20.1. The minimum Gasteiger partial charge on any atom is -0.455 e. The number of hydrogen-bond acceptors (Lipinski definition) is 4. The standard InChI is InChI=1S/C21H20FN3O3/c1-14-19(15(2)25(24-14)18-6-4-3-5-7-18)12-21(27)28-13-20(26)23-17-10-8-16(22)9-11-17/h3-11H,12-13H2,1-2H3,(H,23,26). The van der Waals surface area contributed by atoms with E-state index in [1.807, 2.05) is 44.2 Å². The first kappa shape index (κ1) is 19.3. The number of esters is 1. The van der Waals surface area contributed by atoms with E-state index in [2.05, 4.69) is 10.4 Å². The Morgan fingerprint density at radius 2 is 1.75 bits per heavy atom. The number of hydrogen-bond donors (Lipinski definition) is 1. The summed E-state index contributed by atoms with van der Waals surface area (Å²) in [5.41, 5.74) is 3.68. The van der Waals surface area contributed by atoms with Gasteiger partial charge in [-0.25, -0.2) is 9.07 Å². The summed E-state index contributed by atoms with van der Waals surface area (Å²) in [5, 5.41) is 7.03. The van der Waals surface area contributed by atoms with E-state index >= 15 is 0 Å². The first-order valence-corrected chi connectivity index (χ1v) is 8.75. The molecule has 7 heteroatoms. The molecule has 3 aromatic rings. The molecular weight excluding hydrogens is 361 g/mol. The summed E-state index contributed by atoms with van der Waals surface area (Å²) >= 11 is 0. The lowest BCUT2D eigenvalue weighted by Crippen LogP contribution is -2.21. The highest BCUT2D eigenvalue weighted by Crippen LogP contribution is 2.18. The normalized spacial score (nSPS) is 10.5. The lowest BCUT2D eigenvalue weighted by molar-refractivity contribution is -0.146. The lowest BCUT2D eigenvalue weighted by atomic mass is 10.1. The summed E-state index contributed by atoms with van der Waals surface area (Å²) in [7, 11) is 0. The molecule has 28 heavy (non-hydrogen) atoms. The largest absolute Gasteiger partial charge is 0.455 e. The van der Waals surface area contributed by atoms with Gasteiger partial charge in [-0.2, -0.15) is 5.10 Å². The number of anilines is 1. The van der Waals surface area contributed by atoms with Gasteiger partial charge >= 0.3 is 5.97 Å². The van der Waals surface area contributed by atoms with Crippen molar-refractivity contribution in [1.29, 1.82) is 0 Å². The van der Waals surface area contributed by atoms with Crippen LogP contribution < -0.4 is 5.32 Å². The van der Waals surface area contributed by atoms with E-state index in [9.17, 15) is 14.0 Å². The molecule has 0 aliphatic carbocycles. The Morgan fingerprint density at radius 3 is 2.43 bits per heavy atom. The maximum atomic E-state index is 12.9. The Balaban J connectivity index is 1.58. The number of carbonyl (C=O) groups is 2. The van der Waals surface area contributed by atoms with Crippen LogP contribution in [0.2, 0.25) is 0 Å². The first-order valence-electron chi connectivity index (χ1n) is 8.75. The third-order valence-corrected chi connectivity index (χ3v) is 4.26. The Labute approximate surface area is 161 Å². The zero-order valence-corrected chi connectivity index (χ0v) is 15.6. The summed E-state index contributed by atoms with van der Waals surface area (Å²) in [4.78, 5) is 24.1. The number of ether oxygens (including phenoxy) is 1. The minimum atomic E-state index is -0.520. The summed E-state index contributed by atoms with van der Waals surface area (Å²) in [5.74, 6) is -1.41. The van der Waals surface area contributed by atoms with Crippen LogP contribution in [0.25, 0.3) is 5.69 Å². The highest BCUT2D eigenvalue weighted by Gasteiger charge is 2.17. The maximum Gasteiger partial charge on any atom is 0.310 e. The average Bonchev–Trinajstić information content (AvgIpc) is 2.97. The van der Waals surface area contributed by atoms with Gasteiger partial charge in [-0.15, -0.1) is 0 Å². The van der Waals surface area contributed by atoms with Crippen LogP contribution in [0, 0.1) is 19.7 Å². The van der Waals surface area contributed by atoms with Gasteiger partial charge in [-0.1, -0.05) is 18.2 Å². The van der Waals surface area contributed by atoms with Gasteiger partial charge in [0.25, 0.3) is 5.91 Å². The Bertz CT molecular complexity index is 982. The van der Waals surface area contributed by atoms with Gasteiger partial charge < -0.3 is 10.1 Å². The van der Waals surface area contributed by atoms with Crippen LogP contribution in [0.1, 0.15) is 17.0 Å². The van der Waals surface area contributed by atoms with E-state index in [4.69, 9.17) is 4.74 Å². The highest BCUT2D eigenvalue weighted by molar-refractivity contribution is 5.92. The number of nitrogens with one attached hydrogen (secondary N) is 1. The number of para-hydroxylation sites is 1. The zero-order valence-electron chi connectivity index (χ0n) is 15.6. The molecule has 144 valence electrons. The Morgan fingerprint density at radius 1 is 1.07 bits per heavy atom. The molecule has 0 saturated heterocycles. The minimum absolute atomic E-state index is 0.0222. The van der Waals surface area contributed by atoms with Gasteiger partial charge in [-0.3, -0.25) is 9.59 Å². The Hall–Kier alpha value is -3.48. The van der Waals surface area contributed by atoms with E-state index in [1.165, 1.54) is 24.3 Å². The molecule has 0 bridgehead atoms. The average molecular weight is 381 g/mol. The molecule has 0 fully saturated rings. The second kappa shape index (κ2) is 8.47. The lowest BCUT2D eigenvalue weighted by Gasteiger charge is -2.07. The number of aromatic nitrogens is 2. The van der Waals surface area contributed by atoms with Crippen LogP contribution >= 0.6 is 0 Å². The molecule has 1 aromatic heterocycles. The monoisotopic (exact) mass is 381 g/mol.